The topological polar surface area (TPSA) is 32.9 Å². The zero-order valence-electron chi connectivity index (χ0n) is 10.7. The zero-order chi connectivity index (χ0) is 13.0. The third-order valence-corrected chi connectivity index (χ3v) is 3.94. The van der Waals surface area contributed by atoms with E-state index in [9.17, 15) is 4.79 Å². The maximum absolute atomic E-state index is 12.2. The standard InChI is InChI=1S/C17H13NO/c1-10-6-7-11-9-15-12-4-2-3-5-13(12)17(19)18-16(15)14(11)8-10/h2-8H,9H2,1H3,(H,18,19). The largest absolute Gasteiger partial charge is 0.321 e. The fourth-order valence-corrected chi connectivity index (χ4v) is 3.02. The van der Waals surface area contributed by atoms with Gasteiger partial charge in [0, 0.05) is 17.4 Å². The van der Waals surface area contributed by atoms with Crippen molar-refractivity contribution < 1.29 is 0 Å². The molecule has 3 aromatic rings. The minimum absolute atomic E-state index is 0.00343. The summed E-state index contributed by atoms with van der Waals surface area (Å²) in [5, 5.41) is 1.86. The predicted octanol–water partition coefficient (Wildman–Crippen LogP) is 3.41. The van der Waals surface area contributed by atoms with E-state index >= 15 is 0 Å². The maximum Gasteiger partial charge on any atom is 0.256 e. The molecule has 19 heavy (non-hydrogen) atoms. The summed E-state index contributed by atoms with van der Waals surface area (Å²) in [6.07, 6.45) is 0.905. The monoisotopic (exact) mass is 247 g/mol. The van der Waals surface area contributed by atoms with Crippen molar-refractivity contribution >= 4 is 10.8 Å². The maximum atomic E-state index is 12.2. The number of fused-ring (bicyclic) bond motifs is 5. The van der Waals surface area contributed by atoms with Crippen LogP contribution in [0.4, 0.5) is 0 Å². The van der Waals surface area contributed by atoms with Crippen molar-refractivity contribution in [2.24, 2.45) is 0 Å². The number of hydrogen-bond acceptors (Lipinski definition) is 1. The smallest absolute Gasteiger partial charge is 0.256 e. The summed E-state index contributed by atoms with van der Waals surface area (Å²) in [6.45, 7) is 2.08. The number of rotatable bonds is 0. The molecule has 0 atom stereocenters. The van der Waals surface area contributed by atoms with Crippen molar-refractivity contribution in [1.29, 1.82) is 0 Å². The molecule has 0 saturated carbocycles. The molecule has 2 aromatic carbocycles. The third kappa shape index (κ3) is 1.40. The Bertz CT molecular complexity index is 874. The van der Waals surface area contributed by atoms with Crippen LogP contribution in [0.2, 0.25) is 0 Å². The molecular formula is C17H13NO. The van der Waals surface area contributed by atoms with Gasteiger partial charge in [0.1, 0.15) is 0 Å². The van der Waals surface area contributed by atoms with Crippen molar-refractivity contribution in [2.75, 3.05) is 0 Å². The van der Waals surface area contributed by atoms with Gasteiger partial charge in [-0.3, -0.25) is 4.79 Å². The van der Waals surface area contributed by atoms with E-state index < -0.39 is 0 Å². The first kappa shape index (κ1) is 10.6. The van der Waals surface area contributed by atoms with E-state index in [1.807, 2.05) is 24.3 Å². The molecule has 0 radical (unpaired) electrons. The highest BCUT2D eigenvalue weighted by Crippen LogP contribution is 2.37. The van der Waals surface area contributed by atoms with Crippen molar-refractivity contribution in [1.82, 2.24) is 4.98 Å². The van der Waals surface area contributed by atoms with Crippen LogP contribution in [0.25, 0.3) is 22.0 Å². The molecule has 0 spiro atoms. The van der Waals surface area contributed by atoms with Gasteiger partial charge in [-0.2, -0.15) is 0 Å². The Balaban J connectivity index is 2.15. The summed E-state index contributed by atoms with van der Waals surface area (Å²) in [4.78, 5) is 15.2. The lowest BCUT2D eigenvalue weighted by molar-refractivity contribution is 1.23. The summed E-state index contributed by atoms with van der Waals surface area (Å²) in [6, 6.07) is 14.3. The van der Waals surface area contributed by atoms with Crippen molar-refractivity contribution in [2.45, 2.75) is 13.3 Å². The van der Waals surface area contributed by atoms with E-state index in [4.69, 9.17) is 0 Å². The molecule has 2 heteroatoms. The van der Waals surface area contributed by atoms with Gasteiger partial charge in [-0.25, -0.2) is 0 Å². The Kier molecular flexibility index (Phi) is 1.99. The Morgan fingerprint density at radius 2 is 1.84 bits per heavy atom. The second-order valence-corrected chi connectivity index (χ2v) is 5.19. The molecule has 1 heterocycles. The molecule has 92 valence electrons. The number of aryl methyl sites for hydroxylation is 1. The molecular weight excluding hydrogens is 234 g/mol. The first-order chi connectivity index (χ1) is 9.24. The highest BCUT2D eigenvalue weighted by atomic mass is 16.1. The van der Waals surface area contributed by atoms with Gasteiger partial charge in [0.05, 0.1) is 5.69 Å². The highest BCUT2D eigenvalue weighted by molar-refractivity contribution is 5.92. The summed E-state index contributed by atoms with van der Waals surface area (Å²) in [5.41, 5.74) is 5.95. The quantitative estimate of drug-likeness (QED) is 0.507. The summed E-state index contributed by atoms with van der Waals surface area (Å²) >= 11 is 0. The number of aromatic nitrogens is 1. The number of nitrogens with one attached hydrogen (secondary N) is 1. The molecule has 4 rings (SSSR count). The van der Waals surface area contributed by atoms with Gasteiger partial charge in [-0.15, -0.1) is 0 Å². The molecule has 0 amide bonds. The number of H-pyrrole nitrogens is 1. The Labute approximate surface area is 110 Å². The number of aromatic amines is 1. The van der Waals surface area contributed by atoms with Crippen LogP contribution in [-0.2, 0) is 6.42 Å². The Hall–Kier alpha value is -2.35. The predicted molar refractivity (Wildman–Crippen MR) is 77.5 cm³/mol. The number of pyridine rings is 1. The average Bonchev–Trinajstić information content (AvgIpc) is 2.78. The van der Waals surface area contributed by atoms with Crippen molar-refractivity contribution in [3.8, 4) is 11.3 Å². The summed E-state index contributed by atoms with van der Waals surface area (Å²) in [5.74, 6) is 0. The van der Waals surface area contributed by atoms with Crippen LogP contribution in [0, 0.1) is 6.92 Å². The lowest BCUT2D eigenvalue weighted by Crippen LogP contribution is -2.08. The van der Waals surface area contributed by atoms with Gasteiger partial charge < -0.3 is 4.98 Å². The van der Waals surface area contributed by atoms with Gasteiger partial charge in [0.15, 0.2) is 0 Å². The van der Waals surface area contributed by atoms with Crippen LogP contribution in [0.15, 0.2) is 47.3 Å². The average molecular weight is 247 g/mol. The van der Waals surface area contributed by atoms with E-state index in [2.05, 4.69) is 30.1 Å². The van der Waals surface area contributed by atoms with E-state index in [1.165, 1.54) is 22.3 Å². The van der Waals surface area contributed by atoms with E-state index in [-0.39, 0.29) is 5.56 Å². The van der Waals surface area contributed by atoms with E-state index in [1.54, 1.807) is 0 Å². The van der Waals surface area contributed by atoms with Gasteiger partial charge >= 0.3 is 0 Å². The zero-order valence-corrected chi connectivity index (χ0v) is 10.7. The van der Waals surface area contributed by atoms with Crippen molar-refractivity contribution in [3.05, 3.63) is 69.5 Å². The molecule has 2 nitrogen and oxygen atoms in total. The minimum atomic E-state index is 0.00343. The molecule has 1 aliphatic carbocycles. The molecule has 0 fully saturated rings. The lowest BCUT2D eigenvalue weighted by atomic mass is 10.0. The Morgan fingerprint density at radius 1 is 1.05 bits per heavy atom. The molecule has 0 unspecified atom stereocenters. The number of benzene rings is 2. The van der Waals surface area contributed by atoms with Gasteiger partial charge in [0.25, 0.3) is 5.56 Å². The Morgan fingerprint density at radius 3 is 2.68 bits per heavy atom. The van der Waals surface area contributed by atoms with Crippen molar-refractivity contribution in [3.63, 3.8) is 0 Å². The SMILES string of the molecule is Cc1ccc2c(c1)-c1[nH]c(=O)c3ccccc3c1C2. The van der Waals surface area contributed by atoms with Gasteiger partial charge in [0.2, 0.25) is 0 Å². The molecule has 1 aromatic heterocycles. The second kappa shape index (κ2) is 3.58. The molecule has 1 aliphatic rings. The van der Waals surface area contributed by atoms with Gasteiger partial charge in [-0.1, -0.05) is 35.9 Å². The normalized spacial score (nSPS) is 12.5. The highest BCUT2D eigenvalue weighted by Gasteiger charge is 2.22. The summed E-state index contributed by atoms with van der Waals surface area (Å²) < 4.78 is 0. The van der Waals surface area contributed by atoms with E-state index in [0.29, 0.717) is 0 Å². The molecule has 0 saturated heterocycles. The van der Waals surface area contributed by atoms with Crippen LogP contribution in [0.1, 0.15) is 16.7 Å². The van der Waals surface area contributed by atoms with Crippen LogP contribution >= 0.6 is 0 Å². The fraction of sp³-hybridized carbons (Fsp3) is 0.118. The number of hydrogen-bond donors (Lipinski definition) is 1. The lowest BCUT2D eigenvalue weighted by Gasteiger charge is -2.05. The first-order valence-electron chi connectivity index (χ1n) is 6.48. The van der Waals surface area contributed by atoms with E-state index in [0.717, 1.165) is 22.9 Å². The van der Waals surface area contributed by atoms with Gasteiger partial charge in [-0.05, 0) is 35.6 Å². The van der Waals surface area contributed by atoms with Crippen LogP contribution in [0.3, 0.4) is 0 Å². The molecule has 1 N–H and O–H groups in total. The minimum Gasteiger partial charge on any atom is -0.321 e. The van der Waals surface area contributed by atoms with Crippen LogP contribution < -0.4 is 5.56 Å². The molecule has 0 bridgehead atoms. The summed E-state index contributed by atoms with van der Waals surface area (Å²) in [7, 11) is 0. The fourth-order valence-electron chi connectivity index (χ4n) is 3.02. The third-order valence-electron chi connectivity index (χ3n) is 3.94. The first-order valence-corrected chi connectivity index (χ1v) is 6.48. The second-order valence-electron chi connectivity index (χ2n) is 5.19. The molecule has 0 aliphatic heterocycles. The van der Waals surface area contributed by atoms with Crippen LogP contribution in [0.5, 0.6) is 0 Å². The van der Waals surface area contributed by atoms with Crippen LogP contribution in [-0.4, -0.2) is 4.98 Å².